The third kappa shape index (κ3) is 3.31. The maximum absolute atomic E-state index is 11.6. The van der Waals surface area contributed by atoms with Crippen LogP contribution in [0.4, 0.5) is 0 Å². The van der Waals surface area contributed by atoms with Crippen molar-refractivity contribution >= 4 is 16.7 Å². The van der Waals surface area contributed by atoms with Crippen LogP contribution >= 0.6 is 0 Å². The first-order chi connectivity index (χ1) is 15.0. The van der Waals surface area contributed by atoms with Gasteiger partial charge in [0.1, 0.15) is 6.42 Å². The Hall–Kier alpha value is -3.39. The third-order valence-corrected chi connectivity index (χ3v) is 5.87. The molecule has 5 rings (SSSR count). The van der Waals surface area contributed by atoms with Crippen LogP contribution in [0.15, 0.2) is 30.5 Å². The van der Waals surface area contributed by atoms with Crippen LogP contribution in [0.25, 0.3) is 22.0 Å². The number of carboxylic acid groups (broad SMARTS) is 1. The summed E-state index contributed by atoms with van der Waals surface area (Å²) in [4.78, 5) is 11.6. The van der Waals surface area contributed by atoms with Crippen LogP contribution in [0.2, 0.25) is 0 Å². The molecule has 2 aliphatic rings. The van der Waals surface area contributed by atoms with Crippen LogP contribution in [0.3, 0.4) is 0 Å². The van der Waals surface area contributed by atoms with Crippen LogP contribution < -0.4 is 40.7 Å². The van der Waals surface area contributed by atoms with Crippen LogP contribution in [0, 0.1) is 0 Å². The van der Waals surface area contributed by atoms with Gasteiger partial charge in [-0.15, -0.1) is 0 Å². The summed E-state index contributed by atoms with van der Waals surface area (Å²) >= 11 is 0. The Morgan fingerprint density at radius 3 is 2.44 bits per heavy atom. The monoisotopic (exact) mass is 459 g/mol. The SMILES string of the molecule is COc1cc2c[n+]3c(cc2c(OC)c1OC)-c1cc2c(cc1CC3CC(=O)O)OCO2.[Cl-]. The number of carbonyl (C=O) groups is 1. The van der Waals surface area contributed by atoms with E-state index in [1.54, 1.807) is 21.3 Å². The largest absolute Gasteiger partial charge is 1.00 e. The van der Waals surface area contributed by atoms with Crippen molar-refractivity contribution in [3.8, 4) is 40.0 Å². The van der Waals surface area contributed by atoms with E-state index >= 15 is 0 Å². The molecule has 0 saturated carbocycles. The van der Waals surface area contributed by atoms with E-state index in [0.29, 0.717) is 35.2 Å². The molecule has 0 amide bonds. The number of aromatic nitrogens is 1. The zero-order valence-electron chi connectivity index (χ0n) is 17.8. The summed E-state index contributed by atoms with van der Waals surface area (Å²) in [5, 5.41) is 11.2. The van der Waals surface area contributed by atoms with Gasteiger partial charge in [-0.3, -0.25) is 4.79 Å². The number of nitrogens with zero attached hydrogens (tertiary/aromatic N) is 1. The highest BCUT2D eigenvalue weighted by atomic mass is 35.5. The van der Waals surface area contributed by atoms with Crippen LogP contribution in [-0.4, -0.2) is 39.2 Å². The van der Waals surface area contributed by atoms with E-state index in [-0.39, 0.29) is 31.7 Å². The number of benzene rings is 2. The Labute approximate surface area is 190 Å². The Kier molecular flexibility index (Phi) is 5.64. The van der Waals surface area contributed by atoms with Crippen molar-refractivity contribution in [2.45, 2.75) is 18.9 Å². The highest BCUT2D eigenvalue weighted by Gasteiger charge is 2.36. The molecule has 1 atom stereocenters. The first-order valence-electron chi connectivity index (χ1n) is 9.86. The van der Waals surface area contributed by atoms with Crippen molar-refractivity contribution in [3.05, 3.63) is 36.0 Å². The second-order valence-electron chi connectivity index (χ2n) is 7.53. The topological polar surface area (TPSA) is 87.3 Å². The lowest BCUT2D eigenvalue weighted by Crippen LogP contribution is -3.00. The lowest BCUT2D eigenvalue weighted by Gasteiger charge is -2.23. The molecule has 1 unspecified atom stereocenters. The molecule has 32 heavy (non-hydrogen) atoms. The molecule has 0 bridgehead atoms. The van der Waals surface area contributed by atoms with Gasteiger partial charge in [0.15, 0.2) is 35.2 Å². The zero-order valence-corrected chi connectivity index (χ0v) is 18.6. The standard InChI is InChI=1S/C23H21NO7.ClH/c1-27-20-6-13-10-24-14(7-21(25)26)4-12-5-18-19(31-11-30-18)9-15(12)17(24)8-16(13)22(28-2)23(20)29-3;/h5-6,8-10,14H,4,7,11H2,1-3H3;1H. The van der Waals surface area contributed by atoms with E-state index in [1.807, 2.05) is 35.0 Å². The van der Waals surface area contributed by atoms with Gasteiger partial charge < -0.3 is 41.2 Å². The predicted molar refractivity (Wildman–Crippen MR) is 110 cm³/mol. The number of pyridine rings is 1. The number of halogens is 1. The molecule has 3 aromatic rings. The smallest absolute Gasteiger partial charge is 0.310 e. The summed E-state index contributed by atoms with van der Waals surface area (Å²) in [6, 6.07) is 7.54. The van der Waals surface area contributed by atoms with E-state index < -0.39 is 5.97 Å². The van der Waals surface area contributed by atoms with Gasteiger partial charge in [-0.2, -0.15) is 4.57 Å². The maximum atomic E-state index is 11.6. The summed E-state index contributed by atoms with van der Waals surface area (Å²) in [6.45, 7) is 0.180. The van der Waals surface area contributed by atoms with Crippen molar-refractivity contribution in [1.82, 2.24) is 0 Å². The first-order valence-corrected chi connectivity index (χ1v) is 9.86. The molecule has 1 aromatic heterocycles. The average Bonchev–Trinajstić information content (AvgIpc) is 3.22. The number of fused-ring (bicyclic) bond motifs is 5. The van der Waals surface area contributed by atoms with E-state index in [2.05, 4.69) is 0 Å². The number of hydrogen-bond acceptors (Lipinski definition) is 6. The number of ether oxygens (including phenoxy) is 5. The zero-order chi connectivity index (χ0) is 21.7. The average molecular weight is 460 g/mol. The van der Waals surface area contributed by atoms with Gasteiger partial charge in [0, 0.05) is 17.9 Å². The number of aliphatic carboxylic acids is 1. The predicted octanol–water partition coefficient (Wildman–Crippen LogP) is 0.125. The quantitative estimate of drug-likeness (QED) is 0.542. The number of hydrogen-bond donors (Lipinski definition) is 1. The number of rotatable bonds is 5. The third-order valence-electron chi connectivity index (χ3n) is 5.87. The van der Waals surface area contributed by atoms with E-state index in [0.717, 1.165) is 27.6 Å². The van der Waals surface area contributed by atoms with Gasteiger partial charge in [-0.1, -0.05) is 0 Å². The van der Waals surface area contributed by atoms with Crippen molar-refractivity contribution in [3.63, 3.8) is 0 Å². The number of methoxy groups -OCH3 is 3. The minimum atomic E-state index is -0.849. The summed E-state index contributed by atoms with van der Waals surface area (Å²) in [5.74, 6) is 2.13. The Morgan fingerprint density at radius 1 is 1.06 bits per heavy atom. The molecule has 0 aliphatic carbocycles. The second kappa shape index (κ2) is 8.27. The van der Waals surface area contributed by atoms with Crippen molar-refractivity contribution in [2.24, 2.45) is 0 Å². The lowest BCUT2D eigenvalue weighted by atomic mass is 9.89. The number of carboxylic acids is 1. The van der Waals surface area contributed by atoms with E-state index in [1.165, 1.54) is 0 Å². The Balaban J connectivity index is 0.00000245. The molecule has 0 saturated heterocycles. The fraction of sp³-hybridized carbons (Fsp3) is 0.304. The fourth-order valence-electron chi connectivity index (χ4n) is 4.52. The molecule has 0 spiro atoms. The summed E-state index contributed by atoms with van der Waals surface area (Å²) in [5.41, 5.74) is 2.88. The molecule has 2 aromatic carbocycles. The molecule has 8 nitrogen and oxygen atoms in total. The van der Waals surface area contributed by atoms with E-state index in [9.17, 15) is 9.90 Å². The molecule has 0 radical (unpaired) electrons. The van der Waals surface area contributed by atoms with E-state index in [4.69, 9.17) is 23.7 Å². The molecule has 0 fully saturated rings. The minimum absolute atomic E-state index is 0. The van der Waals surface area contributed by atoms with Crippen molar-refractivity contribution in [2.75, 3.05) is 28.1 Å². The molecule has 9 heteroatoms. The van der Waals surface area contributed by atoms with Gasteiger partial charge >= 0.3 is 5.97 Å². The van der Waals surface area contributed by atoms with Crippen molar-refractivity contribution in [1.29, 1.82) is 0 Å². The van der Waals surface area contributed by atoms with Gasteiger partial charge in [-0.05, 0) is 23.8 Å². The van der Waals surface area contributed by atoms with Gasteiger partial charge in [0.05, 0.1) is 32.3 Å². The summed E-state index contributed by atoms with van der Waals surface area (Å²) in [7, 11) is 4.72. The van der Waals surface area contributed by atoms with Crippen LogP contribution in [0.5, 0.6) is 28.7 Å². The lowest BCUT2D eigenvalue weighted by molar-refractivity contribution is -0.712. The molecule has 1 N–H and O–H groups in total. The molecule has 2 aliphatic heterocycles. The van der Waals surface area contributed by atoms with Gasteiger partial charge in [0.2, 0.25) is 18.2 Å². The summed E-state index contributed by atoms with van der Waals surface area (Å²) in [6.07, 6.45) is 2.53. The highest BCUT2D eigenvalue weighted by molar-refractivity contribution is 5.94. The second-order valence-corrected chi connectivity index (χ2v) is 7.53. The Morgan fingerprint density at radius 2 is 1.78 bits per heavy atom. The molecular formula is C23H22ClNO7. The maximum Gasteiger partial charge on any atom is 0.310 e. The fourth-order valence-corrected chi connectivity index (χ4v) is 4.52. The normalized spacial score (nSPS) is 15.4. The minimum Gasteiger partial charge on any atom is -1.00 e. The Bertz CT molecular complexity index is 1230. The highest BCUT2D eigenvalue weighted by Crippen LogP contribution is 2.46. The summed E-state index contributed by atoms with van der Waals surface area (Å²) < 4.78 is 29.9. The van der Waals surface area contributed by atoms with Gasteiger partial charge in [-0.25, -0.2) is 0 Å². The van der Waals surface area contributed by atoms with Crippen LogP contribution in [-0.2, 0) is 11.2 Å². The van der Waals surface area contributed by atoms with Crippen LogP contribution in [0.1, 0.15) is 18.0 Å². The van der Waals surface area contributed by atoms with Gasteiger partial charge in [0.25, 0.3) is 0 Å². The van der Waals surface area contributed by atoms with Crippen molar-refractivity contribution < 1.29 is 50.6 Å². The molecule has 3 heterocycles. The molecular weight excluding hydrogens is 438 g/mol. The first kappa shape index (κ1) is 21.8. The molecule has 168 valence electrons.